The average Bonchev–Trinajstić information content (AvgIpc) is 2.64. The number of likely N-dealkylation sites (N-methyl/N-ethyl adjacent to an activating group) is 1. The molecule has 0 saturated heterocycles. The number of amides is 1. The van der Waals surface area contributed by atoms with Crippen molar-refractivity contribution in [1.82, 2.24) is 10.3 Å². The number of hydrogen-bond acceptors (Lipinski definition) is 6. The lowest BCUT2D eigenvalue weighted by atomic mass is 10.2. The molecule has 2 rings (SSSR count). The lowest BCUT2D eigenvalue weighted by Crippen LogP contribution is -2.37. The first-order chi connectivity index (χ1) is 12.9. The third-order valence-electron chi connectivity index (χ3n) is 3.96. The van der Waals surface area contributed by atoms with Crippen molar-refractivity contribution >= 4 is 17.4 Å². The molecule has 0 radical (unpaired) electrons. The van der Waals surface area contributed by atoms with Gasteiger partial charge >= 0.3 is 5.82 Å². The summed E-state index contributed by atoms with van der Waals surface area (Å²) in [4.78, 5) is 28.4. The van der Waals surface area contributed by atoms with E-state index in [1.54, 1.807) is 13.0 Å². The number of aromatic nitrogens is 1. The number of benzene rings is 1. The number of anilines is 1. The third kappa shape index (κ3) is 5.95. The highest BCUT2D eigenvalue weighted by Gasteiger charge is 2.18. The number of nitro groups is 1. The van der Waals surface area contributed by atoms with Crippen LogP contribution < -0.4 is 15.0 Å². The number of carbonyl (C=O) groups is 1. The van der Waals surface area contributed by atoms with Gasteiger partial charge in [0.15, 0.2) is 6.61 Å². The van der Waals surface area contributed by atoms with Crippen molar-refractivity contribution in [3.63, 3.8) is 0 Å². The van der Waals surface area contributed by atoms with Gasteiger partial charge in [0.05, 0.1) is 0 Å². The van der Waals surface area contributed by atoms with Crippen molar-refractivity contribution in [2.45, 2.75) is 20.8 Å². The van der Waals surface area contributed by atoms with Crippen LogP contribution in [0.15, 0.2) is 36.4 Å². The second kappa shape index (κ2) is 9.51. The van der Waals surface area contributed by atoms with E-state index in [0.29, 0.717) is 18.8 Å². The van der Waals surface area contributed by atoms with Crippen molar-refractivity contribution in [2.75, 3.05) is 31.1 Å². The van der Waals surface area contributed by atoms with Crippen molar-refractivity contribution in [2.24, 2.45) is 0 Å². The van der Waals surface area contributed by atoms with E-state index in [9.17, 15) is 14.9 Å². The van der Waals surface area contributed by atoms with Gasteiger partial charge in [0, 0.05) is 32.2 Å². The molecular formula is C19H24N4O4. The molecule has 27 heavy (non-hydrogen) atoms. The van der Waals surface area contributed by atoms with E-state index in [-0.39, 0.29) is 24.1 Å². The van der Waals surface area contributed by atoms with Crippen molar-refractivity contribution in [3.8, 4) is 5.75 Å². The van der Waals surface area contributed by atoms with E-state index in [2.05, 4.69) is 28.2 Å². The first-order valence-electron chi connectivity index (χ1n) is 8.74. The third-order valence-corrected chi connectivity index (χ3v) is 3.96. The Morgan fingerprint density at radius 3 is 2.74 bits per heavy atom. The zero-order chi connectivity index (χ0) is 19.8. The Labute approximate surface area is 158 Å². The Kier molecular flexibility index (Phi) is 7.10. The Morgan fingerprint density at radius 1 is 1.30 bits per heavy atom. The molecule has 0 saturated carbocycles. The summed E-state index contributed by atoms with van der Waals surface area (Å²) in [6.45, 7) is 7.35. The highest BCUT2D eigenvalue weighted by molar-refractivity contribution is 5.77. The summed E-state index contributed by atoms with van der Waals surface area (Å²) < 4.78 is 5.27. The van der Waals surface area contributed by atoms with Gasteiger partial charge < -0.3 is 25.1 Å². The molecule has 0 aliphatic carbocycles. The van der Waals surface area contributed by atoms with Crippen LogP contribution in [0.4, 0.5) is 11.5 Å². The summed E-state index contributed by atoms with van der Waals surface area (Å²) in [5, 5.41) is 13.8. The quantitative estimate of drug-likeness (QED) is 0.537. The Morgan fingerprint density at radius 2 is 2.07 bits per heavy atom. The molecule has 0 aliphatic rings. The average molecular weight is 372 g/mol. The predicted octanol–water partition coefficient (Wildman–Crippen LogP) is 2.63. The maximum absolute atomic E-state index is 12.0. The van der Waals surface area contributed by atoms with Crippen LogP contribution in [0.3, 0.4) is 0 Å². The molecule has 1 N–H and O–H groups in total. The van der Waals surface area contributed by atoms with Crippen molar-refractivity contribution in [3.05, 3.63) is 57.8 Å². The number of nitrogens with zero attached hydrogens (tertiary/aromatic N) is 3. The number of rotatable bonds is 9. The summed E-state index contributed by atoms with van der Waals surface area (Å²) in [6, 6.07) is 11.2. The van der Waals surface area contributed by atoms with E-state index in [1.807, 2.05) is 25.1 Å². The van der Waals surface area contributed by atoms with Crippen LogP contribution in [-0.4, -0.2) is 42.1 Å². The molecule has 1 aromatic heterocycles. The van der Waals surface area contributed by atoms with Crippen LogP contribution >= 0.6 is 0 Å². The highest BCUT2D eigenvalue weighted by atomic mass is 16.6. The van der Waals surface area contributed by atoms with Crippen LogP contribution in [0.1, 0.15) is 18.2 Å². The van der Waals surface area contributed by atoms with Crippen LogP contribution in [0, 0.1) is 24.0 Å². The maximum Gasteiger partial charge on any atom is 0.406 e. The van der Waals surface area contributed by atoms with E-state index in [4.69, 9.17) is 4.74 Å². The molecule has 1 amide bonds. The minimum absolute atomic E-state index is 0.0179. The first-order valence-corrected chi connectivity index (χ1v) is 8.74. The number of pyridine rings is 1. The zero-order valence-corrected chi connectivity index (χ0v) is 15.8. The number of nitrogens with one attached hydrogen (secondary N) is 1. The topological polar surface area (TPSA) is 97.6 Å². The van der Waals surface area contributed by atoms with Gasteiger partial charge in [-0.05, 0) is 53.6 Å². The van der Waals surface area contributed by atoms with Crippen LogP contribution in [-0.2, 0) is 4.79 Å². The minimum Gasteiger partial charge on any atom is -0.476 e. The molecule has 0 spiro atoms. The van der Waals surface area contributed by atoms with Gasteiger partial charge in [-0.2, -0.15) is 0 Å². The smallest absolute Gasteiger partial charge is 0.406 e. The standard InChI is InChI=1S/C19H24N4O4/c1-4-22(16-7-5-6-14(2)12-16)11-10-20-18(24)13-27-17-9-8-15(3)21-19(17)23(25)26/h5-9,12H,4,10-11,13H2,1-3H3,(H,20,24). The number of carbonyl (C=O) groups excluding carboxylic acids is 1. The van der Waals surface area contributed by atoms with Gasteiger partial charge in [-0.3, -0.25) is 4.79 Å². The maximum atomic E-state index is 12.0. The lowest BCUT2D eigenvalue weighted by Gasteiger charge is -2.23. The normalized spacial score (nSPS) is 10.3. The van der Waals surface area contributed by atoms with Crippen LogP contribution in [0.2, 0.25) is 0 Å². The second-order valence-corrected chi connectivity index (χ2v) is 6.09. The predicted molar refractivity (Wildman–Crippen MR) is 103 cm³/mol. The molecule has 8 nitrogen and oxygen atoms in total. The van der Waals surface area contributed by atoms with Crippen LogP contribution in [0.25, 0.3) is 0 Å². The van der Waals surface area contributed by atoms with Crippen molar-refractivity contribution in [1.29, 1.82) is 0 Å². The molecule has 0 unspecified atom stereocenters. The molecule has 0 fully saturated rings. The van der Waals surface area contributed by atoms with E-state index in [0.717, 1.165) is 12.2 Å². The first kappa shape index (κ1) is 20.2. The van der Waals surface area contributed by atoms with Gasteiger partial charge in [0.1, 0.15) is 5.69 Å². The molecule has 0 atom stereocenters. The second-order valence-electron chi connectivity index (χ2n) is 6.09. The Hall–Kier alpha value is -3.16. The number of ether oxygens (including phenoxy) is 1. The Bertz CT molecular complexity index is 810. The highest BCUT2D eigenvalue weighted by Crippen LogP contribution is 2.24. The van der Waals surface area contributed by atoms with Crippen molar-refractivity contribution < 1.29 is 14.5 Å². The zero-order valence-electron chi connectivity index (χ0n) is 15.8. The SMILES string of the molecule is CCN(CCNC(=O)COc1ccc(C)nc1[N+](=O)[O-])c1cccc(C)c1. The molecule has 8 heteroatoms. The van der Waals surface area contributed by atoms with Gasteiger partial charge in [-0.25, -0.2) is 0 Å². The molecule has 144 valence electrons. The van der Waals surface area contributed by atoms with E-state index >= 15 is 0 Å². The molecule has 1 heterocycles. The fourth-order valence-corrected chi connectivity index (χ4v) is 2.59. The molecular weight excluding hydrogens is 348 g/mol. The van der Waals surface area contributed by atoms with Crippen LogP contribution in [0.5, 0.6) is 5.75 Å². The fraction of sp³-hybridized carbons (Fsp3) is 0.368. The summed E-state index contributed by atoms with van der Waals surface area (Å²) in [5.74, 6) is -0.750. The number of aryl methyl sites for hydroxylation is 2. The summed E-state index contributed by atoms with van der Waals surface area (Å²) in [7, 11) is 0. The van der Waals surface area contributed by atoms with E-state index in [1.165, 1.54) is 11.6 Å². The summed E-state index contributed by atoms with van der Waals surface area (Å²) in [5.41, 5.74) is 2.79. The largest absolute Gasteiger partial charge is 0.476 e. The summed E-state index contributed by atoms with van der Waals surface area (Å²) >= 11 is 0. The molecule has 1 aromatic carbocycles. The molecule has 0 bridgehead atoms. The van der Waals surface area contributed by atoms with Gasteiger partial charge in [-0.15, -0.1) is 0 Å². The Balaban J connectivity index is 1.83. The van der Waals surface area contributed by atoms with Gasteiger partial charge in [0.2, 0.25) is 5.75 Å². The fourth-order valence-electron chi connectivity index (χ4n) is 2.59. The monoisotopic (exact) mass is 372 g/mol. The summed E-state index contributed by atoms with van der Waals surface area (Å²) in [6.07, 6.45) is 0. The van der Waals surface area contributed by atoms with Gasteiger partial charge in [0.25, 0.3) is 5.91 Å². The molecule has 2 aromatic rings. The minimum atomic E-state index is -0.624. The lowest BCUT2D eigenvalue weighted by molar-refractivity contribution is -0.390. The van der Waals surface area contributed by atoms with Gasteiger partial charge in [-0.1, -0.05) is 12.1 Å². The molecule has 0 aliphatic heterocycles. The van der Waals surface area contributed by atoms with E-state index < -0.39 is 4.92 Å². The number of hydrogen-bond donors (Lipinski definition) is 1.